The van der Waals surface area contributed by atoms with E-state index in [9.17, 15) is 19.2 Å². The third kappa shape index (κ3) is 7.18. The van der Waals surface area contributed by atoms with Crippen molar-refractivity contribution in [1.82, 2.24) is 10.2 Å². The lowest BCUT2D eigenvalue weighted by Crippen LogP contribution is -2.55. The van der Waals surface area contributed by atoms with Crippen molar-refractivity contribution in [2.24, 2.45) is 5.92 Å². The summed E-state index contributed by atoms with van der Waals surface area (Å²) in [4.78, 5) is 50.6. The zero-order chi connectivity index (χ0) is 23.3. The van der Waals surface area contributed by atoms with Gasteiger partial charge in [-0.3, -0.25) is 9.69 Å². The highest BCUT2D eigenvalue weighted by Crippen LogP contribution is 2.30. The van der Waals surface area contributed by atoms with Gasteiger partial charge in [-0.2, -0.15) is 0 Å². The summed E-state index contributed by atoms with van der Waals surface area (Å²) in [5.74, 6) is -1.05. The first-order chi connectivity index (χ1) is 13.7. The number of alkyl carbamates (subject to hydrolysis) is 1. The maximum atomic E-state index is 12.5. The molecule has 0 radical (unpaired) electrons. The number of rotatable bonds is 6. The Morgan fingerprint density at radius 1 is 1.10 bits per heavy atom. The fourth-order valence-electron chi connectivity index (χ4n) is 3.13. The number of amides is 2. The fraction of sp³-hybridized carbons (Fsp3) is 0.810. The molecule has 3 atom stereocenters. The molecule has 2 amide bonds. The molecule has 0 saturated heterocycles. The lowest BCUT2D eigenvalue weighted by molar-refractivity contribution is -0.170. The average molecular weight is 429 g/mol. The predicted octanol–water partition coefficient (Wildman–Crippen LogP) is 3.40. The van der Waals surface area contributed by atoms with Crippen molar-refractivity contribution in [1.29, 1.82) is 0 Å². The van der Waals surface area contributed by atoms with E-state index in [0.29, 0.717) is 12.8 Å². The van der Waals surface area contributed by atoms with Gasteiger partial charge in [0.05, 0.1) is 0 Å². The van der Waals surface area contributed by atoms with Gasteiger partial charge >= 0.3 is 18.2 Å². The molecule has 1 N–H and O–H groups in total. The van der Waals surface area contributed by atoms with E-state index in [1.165, 1.54) is 18.9 Å². The Hall–Kier alpha value is -2.32. The number of nitrogens with one attached hydrogen (secondary N) is 1. The SMILES string of the molecule is CC(OC(=O)C(NC(=O)OC(C)(C)C)C(C)C)OC(=O)N(C)[C@]1(C)CCCCC1=O. The summed E-state index contributed by atoms with van der Waals surface area (Å²) < 4.78 is 15.6. The smallest absolute Gasteiger partial charge is 0.413 e. The molecule has 0 aromatic carbocycles. The number of ketones is 1. The highest BCUT2D eigenvalue weighted by molar-refractivity contribution is 5.91. The van der Waals surface area contributed by atoms with Crippen molar-refractivity contribution >= 4 is 23.9 Å². The van der Waals surface area contributed by atoms with Gasteiger partial charge in [0.25, 0.3) is 0 Å². The van der Waals surface area contributed by atoms with Gasteiger partial charge < -0.3 is 19.5 Å². The molecule has 1 aliphatic carbocycles. The molecule has 9 nitrogen and oxygen atoms in total. The molecule has 0 aromatic rings. The molecule has 30 heavy (non-hydrogen) atoms. The van der Waals surface area contributed by atoms with E-state index in [2.05, 4.69) is 5.32 Å². The quantitative estimate of drug-likeness (QED) is 0.510. The first-order valence-electron chi connectivity index (χ1n) is 10.3. The molecule has 2 unspecified atom stereocenters. The molecule has 0 heterocycles. The normalized spacial score (nSPS) is 21.4. The van der Waals surface area contributed by atoms with Crippen molar-refractivity contribution in [2.75, 3.05) is 7.05 Å². The average Bonchev–Trinajstić information content (AvgIpc) is 2.59. The van der Waals surface area contributed by atoms with Gasteiger partial charge in [-0.15, -0.1) is 0 Å². The first kappa shape index (κ1) is 25.7. The second-order valence-electron chi connectivity index (χ2n) is 9.22. The summed E-state index contributed by atoms with van der Waals surface area (Å²) in [5.41, 5.74) is -1.65. The van der Waals surface area contributed by atoms with Crippen LogP contribution in [0, 0.1) is 5.92 Å². The maximum Gasteiger partial charge on any atom is 0.413 e. The molecule has 0 aliphatic heterocycles. The number of Topliss-reactive ketones (excluding diaryl/α,β-unsaturated/α-hetero) is 1. The lowest BCUT2D eigenvalue weighted by atomic mass is 9.81. The minimum absolute atomic E-state index is 0.0146. The van der Waals surface area contributed by atoms with Gasteiger partial charge in [0.2, 0.25) is 6.29 Å². The van der Waals surface area contributed by atoms with Gasteiger partial charge in [0, 0.05) is 20.4 Å². The standard InChI is InChI=1S/C21H36N2O7/c1-13(2)16(22-18(26)30-20(4,5)6)17(25)28-14(3)29-19(27)23(8)21(7)12-10-9-11-15(21)24/h13-14,16H,9-12H2,1-8H3,(H,22,26)/t14?,16?,21-/m1/s1. The summed E-state index contributed by atoms with van der Waals surface area (Å²) in [5, 5.41) is 2.49. The Balaban J connectivity index is 2.69. The zero-order valence-corrected chi connectivity index (χ0v) is 19.4. The van der Waals surface area contributed by atoms with Crippen LogP contribution in [0.25, 0.3) is 0 Å². The van der Waals surface area contributed by atoms with E-state index >= 15 is 0 Å². The van der Waals surface area contributed by atoms with Crippen molar-refractivity contribution in [2.45, 2.75) is 97.6 Å². The van der Waals surface area contributed by atoms with Crippen LogP contribution in [-0.4, -0.2) is 59.4 Å². The molecule has 0 bridgehead atoms. The molecule has 1 rings (SSSR count). The van der Waals surface area contributed by atoms with Crippen LogP contribution < -0.4 is 5.32 Å². The maximum absolute atomic E-state index is 12.5. The first-order valence-corrected chi connectivity index (χ1v) is 10.3. The molecular weight excluding hydrogens is 392 g/mol. The van der Waals surface area contributed by atoms with Crippen LogP contribution in [-0.2, 0) is 23.8 Å². The topological polar surface area (TPSA) is 111 Å². The van der Waals surface area contributed by atoms with Crippen LogP contribution in [0.3, 0.4) is 0 Å². The Morgan fingerprint density at radius 3 is 2.20 bits per heavy atom. The summed E-state index contributed by atoms with van der Waals surface area (Å²) >= 11 is 0. The number of nitrogens with zero attached hydrogens (tertiary/aromatic N) is 1. The number of ether oxygens (including phenoxy) is 3. The van der Waals surface area contributed by atoms with Crippen LogP contribution in [0.15, 0.2) is 0 Å². The number of hydrogen-bond acceptors (Lipinski definition) is 7. The minimum atomic E-state index is -1.20. The van der Waals surface area contributed by atoms with Crippen molar-refractivity contribution in [3.8, 4) is 0 Å². The Bertz CT molecular complexity index is 656. The zero-order valence-electron chi connectivity index (χ0n) is 19.4. The van der Waals surface area contributed by atoms with Crippen LogP contribution >= 0.6 is 0 Å². The van der Waals surface area contributed by atoms with Crippen molar-refractivity contribution in [3.63, 3.8) is 0 Å². The van der Waals surface area contributed by atoms with Gasteiger partial charge in [0.1, 0.15) is 17.2 Å². The van der Waals surface area contributed by atoms with Gasteiger partial charge in [-0.1, -0.05) is 20.3 Å². The summed E-state index contributed by atoms with van der Waals surface area (Å²) in [6, 6.07) is -0.976. The number of likely N-dealkylation sites (N-methyl/N-ethyl adjacent to an activating group) is 1. The molecule has 172 valence electrons. The second kappa shape index (κ2) is 10.1. The Morgan fingerprint density at radius 2 is 1.70 bits per heavy atom. The minimum Gasteiger partial charge on any atom is -0.444 e. The van der Waals surface area contributed by atoms with E-state index in [4.69, 9.17) is 14.2 Å². The number of carbonyl (C=O) groups is 4. The summed E-state index contributed by atoms with van der Waals surface area (Å²) in [6.45, 7) is 11.7. The highest BCUT2D eigenvalue weighted by Gasteiger charge is 2.42. The Kier molecular flexibility index (Phi) is 8.68. The third-order valence-electron chi connectivity index (χ3n) is 5.07. The molecule has 9 heteroatoms. The largest absolute Gasteiger partial charge is 0.444 e. The number of esters is 1. The molecule has 1 fully saturated rings. The molecule has 1 aliphatic rings. The van der Waals surface area contributed by atoms with Crippen LogP contribution in [0.4, 0.5) is 9.59 Å². The van der Waals surface area contributed by atoms with E-state index in [-0.39, 0.29) is 11.7 Å². The fourth-order valence-corrected chi connectivity index (χ4v) is 3.13. The van der Waals surface area contributed by atoms with Crippen molar-refractivity contribution in [3.05, 3.63) is 0 Å². The number of hydrogen-bond donors (Lipinski definition) is 1. The second-order valence-corrected chi connectivity index (χ2v) is 9.22. The molecule has 0 aromatic heterocycles. The number of carbonyl (C=O) groups excluding carboxylic acids is 4. The monoisotopic (exact) mass is 428 g/mol. The third-order valence-corrected chi connectivity index (χ3v) is 5.07. The van der Waals surface area contributed by atoms with Gasteiger partial charge in [-0.25, -0.2) is 14.4 Å². The van der Waals surface area contributed by atoms with E-state index < -0.39 is 41.6 Å². The highest BCUT2D eigenvalue weighted by atomic mass is 16.7. The predicted molar refractivity (Wildman–Crippen MR) is 110 cm³/mol. The summed E-state index contributed by atoms with van der Waals surface area (Å²) in [6.07, 6.45) is -0.0631. The van der Waals surface area contributed by atoms with E-state index in [1.807, 2.05) is 0 Å². The van der Waals surface area contributed by atoms with Gasteiger partial charge in [0.15, 0.2) is 5.78 Å². The van der Waals surface area contributed by atoms with Crippen LogP contribution in [0.1, 0.15) is 74.1 Å². The van der Waals surface area contributed by atoms with Crippen molar-refractivity contribution < 1.29 is 33.4 Å². The van der Waals surface area contributed by atoms with Gasteiger partial charge in [-0.05, 0) is 46.5 Å². The molecule has 1 saturated carbocycles. The Labute approximate surface area is 178 Å². The molecule has 0 spiro atoms. The summed E-state index contributed by atoms with van der Waals surface area (Å²) in [7, 11) is 1.50. The van der Waals surface area contributed by atoms with Crippen LogP contribution in [0.5, 0.6) is 0 Å². The lowest BCUT2D eigenvalue weighted by Gasteiger charge is -2.39. The molecular formula is C21H36N2O7. The van der Waals surface area contributed by atoms with Crippen LogP contribution in [0.2, 0.25) is 0 Å². The van der Waals surface area contributed by atoms with E-state index in [0.717, 1.165) is 12.8 Å². The van der Waals surface area contributed by atoms with E-state index in [1.54, 1.807) is 41.5 Å².